The Morgan fingerprint density at radius 1 is 1.53 bits per heavy atom. The van der Waals surface area contributed by atoms with Crippen molar-refractivity contribution < 1.29 is 22.9 Å². The van der Waals surface area contributed by atoms with E-state index in [0.717, 1.165) is 0 Å². The van der Waals surface area contributed by atoms with Crippen LogP contribution in [0.4, 0.5) is 18.9 Å². The summed E-state index contributed by atoms with van der Waals surface area (Å²) in [6.07, 6.45) is -3.10. The number of hydrogen-bond donors (Lipinski definition) is 0. The van der Waals surface area contributed by atoms with Crippen LogP contribution in [0.5, 0.6) is 0 Å². The molecule has 0 aliphatic carbocycles. The number of rotatable bonds is 3. The van der Waals surface area contributed by atoms with Crippen molar-refractivity contribution in [3.8, 4) is 0 Å². The van der Waals surface area contributed by atoms with E-state index in [1.54, 1.807) is 0 Å². The number of carbonyl (C=O) groups is 1. The SMILES string of the molecule is O=Cc1c(C(F)F)ncc(F)c1[N+](=O)[O-]. The molecule has 1 aromatic heterocycles. The average Bonchev–Trinajstić information content (AvgIpc) is 2.15. The van der Waals surface area contributed by atoms with Gasteiger partial charge in [0, 0.05) is 0 Å². The van der Waals surface area contributed by atoms with Crippen molar-refractivity contribution in [2.45, 2.75) is 6.43 Å². The van der Waals surface area contributed by atoms with E-state index in [0.29, 0.717) is 0 Å². The maximum atomic E-state index is 12.8. The Balaban J connectivity index is 3.54. The summed E-state index contributed by atoms with van der Waals surface area (Å²) in [5.41, 5.74) is -3.41. The summed E-state index contributed by atoms with van der Waals surface area (Å²) in [5.74, 6) is -1.42. The summed E-state index contributed by atoms with van der Waals surface area (Å²) < 4.78 is 37.3. The Kier molecular flexibility index (Phi) is 2.98. The van der Waals surface area contributed by atoms with E-state index in [-0.39, 0.29) is 12.5 Å². The Hall–Kier alpha value is -1.99. The highest BCUT2D eigenvalue weighted by Gasteiger charge is 2.28. The predicted molar refractivity (Wildman–Crippen MR) is 41.2 cm³/mol. The fraction of sp³-hybridized carbons (Fsp3) is 0.143. The smallest absolute Gasteiger partial charge is 0.298 e. The van der Waals surface area contributed by atoms with E-state index < -0.39 is 34.1 Å². The predicted octanol–water partition coefficient (Wildman–Crippen LogP) is 1.88. The fourth-order valence-electron chi connectivity index (χ4n) is 0.982. The fourth-order valence-corrected chi connectivity index (χ4v) is 0.982. The summed E-state index contributed by atoms with van der Waals surface area (Å²) >= 11 is 0. The minimum Gasteiger partial charge on any atom is -0.298 e. The maximum absolute atomic E-state index is 12.8. The molecule has 0 aliphatic rings. The first-order chi connectivity index (χ1) is 6.99. The van der Waals surface area contributed by atoms with E-state index in [4.69, 9.17) is 0 Å². The molecule has 80 valence electrons. The number of nitrogens with zero attached hydrogens (tertiary/aromatic N) is 2. The van der Waals surface area contributed by atoms with Crippen LogP contribution in [-0.4, -0.2) is 16.2 Å². The van der Waals surface area contributed by atoms with Gasteiger partial charge in [-0.05, 0) is 0 Å². The van der Waals surface area contributed by atoms with Crippen LogP contribution in [0.1, 0.15) is 22.5 Å². The molecular formula is C7H3F3N2O3. The third-order valence-electron chi connectivity index (χ3n) is 1.58. The highest BCUT2D eigenvalue weighted by atomic mass is 19.3. The van der Waals surface area contributed by atoms with Gasteiger partial charge in [-0.15, -0.1) is 0 Å². The normalized spacial score (nSPS) is 10.4. The summed E-state index contributed by atoms with van der Waals surface area (Å²) in [6, 6.07) is 0. The van der Waals surface area contributed by atoms with Gasteiger partial charge in [0.15, 0.2) is 6.29 Å². The number of nitro groups is 1. The monoisotopic (exact) mass is 220 g/mol. The molecule has 0 aromatic carbocycles. The lowest BCUT2D eigenvalue weighted by molar-refractivity contribution is -0.387. The van der Waals surface area contributed by atoms with Gasteiger partial charge in [-0.2, -0.15) is 4.39 Å². The molecule has 15 heavy (non-hydrogen) atoms. The van der Waals surface area contributed by atoms with E-state index >= 15 is 0 Å². The van der Waals surface area contributed by atoms with Crippen molar-refractivity contribution in [3.05, 3.63) is 33.4 Å². The van der Waals surface area contributed by atoms with Crippen molar-refractivity contribution in [1.29, 1.82) is 0 Å². The van der Waals surface area contributed by atoms with Gasteiger partial charge in [-0.1, -0.05) is 0 Å². The summed E-state index contributed by atoms with van der Waals surface area (Å²) in [7, 11) is 0. The van der Waals surface area contributed by atoms with Crippen molar-refractivity contribution in [2.24, 2.45) is 0 Å². The number of pyridine rings is 1. The second-order valence-electron chi connectivity index (χ2n) is 2.43. The first-order valence-electron chi connectivity index (χ1n) is 3.55. The van der Waals surface area contributed by atoms with Crippen LogP contribution in [0.3, 0.4) is 0 Å². The zero-order chi connectivity index (χ0) is 11.6. The molecule has 0 atom stereocenters. The van der Waals surface area contributed by atoms with Gasteiger partial charge in [-0.25, -0.2) is 8.78 Å². The lowest BCUT2D eigenvalue weighted by atomic mass is 10.1. The standard InChI is InChI=1S/C7H3F3N2O3/c8-4-1-11-5(7(9)10)3(2-13)6(4)12(14)15/h1-2,7H. The highest BCUT2D eigenvalue weighted by Crippen LogP contribution is 2.28. The molecule has 0 saturated carbocycles. The van der Waals surface area contributed by atoms with Gasteiger partial charge in [0.1, 0.15) is 11.3 Å². The average molecular weight is 220 g/mol. The Morgan fingerprint density at radius 2 is 2.13 bits per heavy atom. The molecule has 8 heteroatoms. The lowest BCUT2D eigenvalue weighted by Gasteiger charge is -2.03. The van der Waals surface area contributed by atoms with Gasteiger partial charge in [-0.3, -0.25) is 19.9 Å². The van der Waals surface area contributed by atoms with E-state index in [2.05, 4.69) is 4.98 Å². The van der Waals surface area contributed by atoms with Gasteiger partial charge in [0.05, 0.1) is 11.1 Å². The number of aromatic nitrogens is 1. The summed E-state index contributed by atoms with van der Waals surface area (Å²) in [4.78, 5) is 22.4. The lowest BCUT2D eigenvalue weighted by Crippen LogP contribution is -2.05. The molecule has 0 amide bonds. The minimum atomic E-state index is -3.18. The van der Waals surface area contributed by atoms with Crippen LogP contribution < -0.4 is 0 Å². The first kappa shape index (κ1) is 11.1. The molecular weight excluding hydrogens is 217 g/mol. The van der Waals surface area contributed by atoms with Gasteiger partial charge in [0.2, 0.25) is 5.82 Å². The quantitative estimate of drug-likeness (QED) is 0.442. The molecule has 0 saturated heterocycles. The Labute approximate surface area is 80.7 Å². The van der Waals surface area contributed by atoms with Crippen LogP contribution in [0.25, 0.3) is 0 Å². The second-order valence-corrected chi connectivity index (χ2v) is 2.43. The molecule has 0 fully saturated rings. The van der Waals surface area contributed by atoms with Crippen molar-refractivity contribution in [3.63, 3.8) is 0 Å². The van der Waals surface area contributed by atoms with Crippen LogP contribution in [0.2, 0.25) is 0 Å². The van der Waals surface area contributed by atoms with Gasteiger partial charge >= 0.3 is 5.69 Å². The molecule has 1 rings (SSSR count). The van der Waals surface area contributed by atoms with Gasteiger partial charge < -0.3 is 0 Å². The van der Waals surface area contributed by atoms with Crippen LogP contribution in [0.15, 0.2) is 6.20 Å². The van der Waals surface area contributed by atoms with Crippen LogP contribution in [0, 0.1) is 15.9 Å². The number of alkyl halides is 2. The second kappa shape index (κ2) is 4.03. The summed E-state index contributed by atoms with van der Waals surface area (Å²) in [5, 5.41) is 10.3. The zero-order valence-electron chi connectivity index (χ0n) is 6.99. The summed E-state index contributed by atoms with van der Waals surface area (Å²) in [6.45, 7) is 0. The highest BCUT2D eigenvalue weighted by molar-refractivity contribution is 5.83. The van der Waals surface area contributed by atoms with Gasteiger partial charge in [0.25, 0.3) is 6.43 Å². The largest absolute Gasteiger partial charge is 0.318 e. The number of halogens is 3. The molecule has 0 unspecified atom stereocenters. The topological polar surface area (TPSA) is 73.1 Å². The van der Waals surface area contributed by atoms with E-state index in [1.807, 2.05) is 0 Å². The van der Waals surface area contributed by atoms with Crippen molar-refractivity contribution in [1.82, 2.24) is 4.98 Å². The number of carbonyl (C=O) groups excluding carboxylic acids is 1. The van der Waals surface area contributed by atoms with E-state index in [1.165, 1.54) is 0 Å². The van der Waals surface area contributed by atoms with Crippen LogP contribution >= 0.6 is 0 Å². The van der Waals surface area contributed by atoms with E-state index in [9.17, 15) is 28.1 Å². The molecule has 5 nitrogen and oxygen atoms in total. The maximum Gasteiger partial charge on any atom is 0.318 e. The zero-order valence-corrected chi connectivity index (χ0v) is 6.99. The molecule has 0 aliphatic heterocycles. The third kappa shape index (κ3) is 1.92. The molecule has 0 radical (unpaired) electrons. The number of aldehydes is 1. The van der Waals surface area contributed by atoms with Crippen molar-refractivity contribution >= 4 is 12.0 Å². The first-order valence-corrected chi connectivity index (χ1v) is 3.55. The minimum absolute atomic E-state index is 0.213. The molecule has 0 bridgehead atoms. The Bertz CT molecular complexity index is 422. The third-order valence-corrected chi connectivity index (χ3v) is 1.58. The van der Waals surface area contributed by atoms with Crippen molar-refractivity contribution in [2.75, 3.05) is 0 Å². The molecule has 1 heterocycles. The number of hydrogen-bond acceptors (Lipinski definition) is 4. The molecule has 1 aromatic rings. The molecule has 0 N–H and O–H groups in total. The Morgan fingerprint density at radius 3 is 2.53 bits per heavy atom. The van der Waals surface area contributed by atoms with Crippen LogP contribution in [-0.2, 0) is 0 Å². The molecule has 0 spiro atoms.